The molecule has 1 aliphatic carbocycles. The average Bonchev–Trinajstić information content (AvgIpc) is 3.38. The molecule has 4 atom stereocenters. The van der Waals surface area contributed by atoms with Gasteiger partial charge in [0, 0.05) is 17.6 Å². The number of benzene rings is 1. The van der Waals surface area contributed by atoms with Gasteiger partial charge in [0.2, 0.25) is 17.7 Å². The normalized spacial score (nSPS) is 24.8. The molecule has 38 heavy (non-hydrogen) atoms. The molecule has 0 unspecified atom stereocenters. The van der Waals surface area contributed by atoms with E-state index in [-0.39, 0.29) is 36.6 Å². The first kappa shape index (κ1) is 27.6. The number of amides is 4. The van der Waals surface area contributed by atoms with E-state index >= 15 is 0 Å². The van der Waals surface area contributed by atoms with Crippen LogP contribution in [0.2, 0.25) is 0 Å². The third kappa shape index (κ3) is 5.01. The molecule has 0 bridgehead atoms. The van der Waals surface area contributed by atoms with Crippen LogP contribution in [-0.2, 0) is 24.6 Å². The van der Waals surface area contributed by atoms with Crippen LogP contribution >= 0.6 is 0 Å². The highest BCUT2D eigenvalue weighted by Gasteiger charge is 2.60. The predicted molar refractivity (Wildman–Crippen MR) is 145 cm³/mol. The second-order valence-corrected chi connectivity index (χ2v) is 12.9. The van der Waals surface area contributed by atoms with Crippen molar-refractivity contribution in [2.24, 2.45) is 16.7 Å². The molecule has 204 valence electrons. The smallest absolute Gasteiger partial charge is 0.343 e. The van der Waals surface area contributed by atoms with E-state index in [4.69, 9.17) is 6.57 Å². The second-order valence-electron chi connectivity index (χ2n) is 12.9. The van der Waals surface area contributed by atoms with E-state index in [0.717, 1.165) is 24.1 Å². The molecule has 2 heterocycles. The molecule has 9 heteroatoms. The van der Waals surface area contributed by atoms with Gasteiger partial charge in [0.25, 0.3) is 12.5 Å². The van der Waals surface area contributed by atoms with Crippen molar-refractivity contribution in [1.82, 2.24) is 15.5 Å². The van der Waals surface area contributed by atoms with Crippen molar-refractivity contribution in [2.45, 2.75) is 90.9 Å². The van der Waals surface area contributed by atoms with Crippen molar-refractivity contribution >= 4 is 29.3 Å². The SMILES string of the molecule is C#[N+][C@@H]1C[C@@]2(CN1C(=O)[C@H](CC(C)C)NC(=O)[C@@H](NC(=O)C1(C)CC1)C(C)(C)C)C(=O)Nc1ccccc12. The van der Waals surface area contributed by atoms with Crippen molar-refractivity contribution in [3.63, 3.8) is 0 Å². The molecule has 1 aromatic rings. The van der Waals surface area contributed by atoms with Crippen LogP contribution in [0.15, 0.2) is 24.3 Å². The number of para-hydroxylation sites is 1. The number of rotatable bonds is 7. The average molecular weight is 523 g/mol. The fourth-order valence-electron chi connectivity index (χ4n) is 5.52. The number of carbonyl (C=O) groups is 4. The second kappa shape index (κ2) is 9.72. The molecule has 3 N–H and O–H groups in total. The molecule has 9 nitrogen and oxygen atoms in total. The summed E-state index contributed by atoms with van der Waals surface area (Å²) in [6.07, 6.45) is 1.53. The lowest BCUT2D eigenvalue weighted by atomic mass is 9.80. The Hall–Kier alpha value is -3.41. The number of likely N-dealkylation sites (tertiary alicyclic amines) is 1. The van der Waals surface area contributed by atoms with E-state index < -0.39 is 40.4 Å². The summed E-state index contributed by atoms with van der Waals surface area (Å²) in [7, 11) is 0. The third-order valence-corrected chi connectivity index (χ3v) is 8.19. The Labute approximate surface area is 224 Å². The largest absolute Gasteiger partial charge is 0.350 e. The first-order valence-electron chi connectivity index (χ1n) is 13.4. The van der Waals surface area contributed by atoms with E-state index in [0.29, 0.717) is 6.42 Å². The Balaban J connectivity index is 1.58. The molecule has 1 saturated carbocycles. The lowest BCUT2D eigenvalue weighted by Gasteiger charge is -2.33. The van der Waals surface area contributed by atoms with Gasteiger partial charge >= 0.3 is 6.17 Å². The fraction of sp³-hybridized carbons (Fsp3) is 0.621. The monoisotopic (exact) mass is 522 g/mol. The van der Waals surface area contributed by atoms with Gasteiger partial charge in [-0.25, -0.2) is 0 Å². The third-order valence-electron chi connectivity index (χ3n) is 8.19. The van der Waals surface area contributed by atoms with Crippen molar-refractivity contribution in [2.75, 3.05) is 11.9 Å². The van der Waals surface area contributed by atoms with Crippen LogP contribution in [0.3, 0.4) is 0 Å². The summed E-state index contributed by atoms with van der Waals surface area (Å²) in [4.78, 5) is 59.0. The molecule has 1 aromatic carbocycles. The Morgan fingerprint density at radius 1 is 1.18 bits per heavy atom. The van der Waals surface area contributed by atoms with Gasteiger partial charge < -0.3 is 16.0 Å². The number of anilines is 1. The Morgan fingerprint density at radius 3 is 2.42 bits per heavy atom. The van der Waals surface area contributed by atoms with Crippen LogP contribution in [0.4, 0.5) is 5.69 Å². The van der Waals surface area contributed by atoms with Gasteiger partial charge in [-0.05, 0) is 42.2 Å². The van der Waals surface area contributed by atoms with E-state index in [2.05, 4.69) is 20.8 Å². The first-order valence-corrected chi connectivity index (χ1v) is 13.4. The van der Waals surface area contributed by atoms with Crippen molar-refractivity contribution in [3.05, 3.63) is 34.7 Å². The highest BCUT2D eigenvalue weighted by molar-refractivity contribution is 6.07. The highest BCUT2D eigenvalue weighted by Crippen LogP contribution is 2.47. The van der Waals surface area contributed by atoms with Crippen molar-refractivity contribution < 1.29 is 19.2 Å². The molecule has 4 amide bonds. The maximum Gasteiger partial charge on any atom is 0.350 e. The van der Waals surface area contributed by atoms with E-state index in [1.165, 1.54) is 4.90 Å². The maximum absolute atomic E-state index is 14.0. The quantitative estimate of drug-likeness (QED) is 0.510. The predicted octanol–water partition coefficient (Wildman–Crippen LogP) is 3.26. The van der Waals surface area contributed by atoms with E-state index in [1.807, 2.05) is 65.8 Å². The van der Waals surface area contributed by atoms with Gasteiger partial charge in [-0.15, -0.1) is 0 Å². The standard InChI is InChI=1S/C29H39N5O4/c1-17(2)14-20(31-23(35)22(27(3,4)5)33-25(37)28(6)12-13-28)24(36)34-16-29(15-21(34)30-7)18-10-8-9-11-19(18)32-26(29)38/h7-11,17,20-22H,12-16H2,1-6H3,(H2-,31,32,33,35,37,38)/p+1/t20-,21-,22+,29-/m0/s1. The fourth-order valence-corrected chi connectivity index (χ4v) is 5.52. The van der Waals surface area contributed by atoms with Crippen molar-refractivity contribution in [3.8, 4) is 6.57 Å². The lowest BCUT2D eigenvalue weighted by Crippen LogP contribution is -2.59. The number of hydrogen-bond acceptors (Lipinski definition) is 4. The summed E-state index contributed by atoms with van der Waals surface area (Å²) >= 11 is 0. The molecule has 2 aliphatic heterocycles. The first-order chi connectivity index (χ1) is 17.7. The van der Waals surface area contributed by atoms with E-state index in [1.54, 1.807) is 0 Å². The van der Waals surface area contributed by atoms with Gasteiger partial charge in [-0.1, -0.05) is 64.6 Å². The zero-order valence-corrected chi connectivity index (χ0v) is 23.3. The van der Waals surface area contributed by atoms with Crippen LogP contribution in [0, 0.1) is 23.3 Å². The van der Waals surface area contributed by atoms with Crippen LogP contribution in [0.5, 0.6) is 0 Å². The van der Waals surface area contributed by atoms with Crippen molar-refractivity contribution in [1.29, 1.82) is 0 Å². The minimum absolute atomic E-state index is 0.0950. The number of nitrogens with one attached hydrogen (secondary N) is 3. The molecule has 0 aromatic heterocycles. The molecular formula is C29H40N5O4+. The van der Waals surface area contributed by atoms with Crippen LogP contribution in [0.25, 0.3) is 4.85 Å². The zero-order valence-electron chi connectivity index (χ0n) is 23.3. The van der Waals surface area contributed by atoms with E-state index in [9.17, 15) is 19.2 Å². The van der Waals surface area contributed by atoms with Crippen LogP contribution in [-0.4, -0.2) is 53.3 Å². The van der Waals surface area contributed by atoms with Gasteiger partial charge in [-0.3, -0.25) is 24.1 Å². The van der Waals surface area contributed by atoms with Gasteiger partial charge in [0.1, 0.15) is 17.5 Å². The number of nitrogens with zero attached hydrogens (tertiary/aromatic N) is 2. The molecule has 0 radical (unpaired) electrons. The topological polar surface area (TPSA) is 112 Å². The number of fused-ring (bicyclic) bond motifs is 2. The summed E-state index contributed by atoms with van der Waals surface area (Å²) in [6.45, 7) is 17.4. The summed E-state index contributed by atoms with van der Waals surface area (Å²) in [6, 6.07) is 5.76. The Morgan fingerprint density at radius 2 is 1.84 bits per heavy atom. The van der Waals surface area contributed by atoms with Gasteiger partial charge in [0.15, 0.2) is 0 Å². The minimum Gasteiger partial charge on any atom is -0.343 e. The summed E-state index contributed by atoms with van der Waals surface area (Å²) in [5.74, 6) is -0.982. The molecule has 3 aliphatic rings. The van der Waals surface area contributed by atoms with Gasteiger partial charge in [-0.2, -0.15) is 0 Å². The number of hydrogen-bond donors (Lipinski definition) is 3. The zero-order chi connectivity index (χ0) is 28.0. The van der Waals surface area contributed by atoms with Crippen LogP contribution in [0.1, 0.15) is 72.8 Å². The molecule has 1 saturated heterocycles. The molecule has 2 fully saturated rings. The summed E-state index contributed by atoms with van der Waals surface area (Å²) < 4.78 is 0. The van der Waals surface area contributed by atoms with Crippen LogP contribution < -0.4 is 16.0 Å². The summed E-state index contributed by atoms with van der Waals surface area (Å²) in [5, 5.41) is 8.80. The summed E-state index contributed by atoms with van der Waals surface area (Å²) in [5.41, 5.74) is -0.414. The molecular weight excluding hydrogens is 482 g/mol. The van der Waals surface area contributed by atoms with Gasteiger partial charge in [0.05, 0.1) is 6.42 Å². The Bertz CT molecular complexity index is 1190. The molecule has 4 rings (SSSR count). The molecule has 1 spiro atoms. The maximum atomic E-state index is 14.0. The number of carbonyl (C=O) groups excluding carboxylic acids is 4. The highest BCUT2D eigenvalue weighted by atomic mass is 16.2. The lowest BCUT2D eigenvalue weighted by molar-refractivity contribution is -0.139. The minimum atomic E-state index is -0.951. The Kier molecular flexibility index (Phi) is 7.06.